The number of hydrogen-bond acceptors (Lipinski definition) is 4. The molecule has 0 spiro atoms. The van der Waals surface area contributed by atoms with Gasteiger partial charge in [-0.2, -0.15) is 5.10 Å². The summed E-state index contributed by atoms with van der Waals surface area (Å²) < 4.78 is 27.9. The van der Waals surface area contributed by atoms with Gasteiger partial charge >= 0.3 is 0 Å². The minimum absolute atomic E-state index is 0.0723. The number of hydrogen-bond donors (Lipinski definition) is 2. The standard InChI is InChI=1S/C12H16N4O2S/c13-12-4-1-3-11(9-12)10-19(17,18)15-6-8-16-7-2-5-14-16/h1-5,7,9,15H,6,8,10,13H2. The molecule has 0 fully saturated rings. The first kappa shape index (κ1) is 13.6. The smallest absolute Gasteiger partial charge is 0.215 e. The molecular weight excluding hydrogens is 264 g/mol. The molecule has 0 aliphatic rings. The zero-order valence-electron chi connectivity index (χ0n) is 10.4. The highest BCUT2D eigenvalue weighted by molar-refractivity contribution is 7.88. The zero-order chi connectivity index (χ0) is 13.7. The normalized spacial score (nSPS) is 11.6. The SMILES string of the molecule is Nc1cccc(CS(=O)(=O)NCCn2cccn2)c1. The van der Waals surface area contributed by atoms with Crippen molar-refractivity contribution in [1.82, 2.24) is 14.5 Å². The van der Waals surface area contributed by atoms with Gasteiger partial charge in [0.05, 0.1) is 12.3 Å². The van der Waals surface area contributed by atoms with E-state index in [1.54, 1.807) is 47.4 Å². The molecule has 1 aromatic carbocycles. The van der Waals surface area contributed by atoms with Crippen LogP contribution in [-0.4, -0.2) is 24.7 Å². The van der Waals surface area contributed by atoms with Crippen molar-refractivity contribution in [2.45, 2.75) is 12.3 Å². The van der Waals surface area contributed by atoms with Crippen molar-refractivity contribution in [2.24, 2.45) is 0 Å². The van der Waals surface area contributed by atoms with Crippen LogP contribution < -0.4 is 10.5 Å². The Hall–Kier alpha value is -1.86. The second-order valence-electron chi connectivity index (χ2n) is 4.17. The molecule has 0 bridgehead atoms. The predicted octanol–water partition coefficient (Wildman–Crippen LogP) is 0.585. The van der Waals surface area contributed by atoms with Gasteiger partial charge in [0.25, 0.3) is 0 Å². The number of aromatic nitrogens is 2. The Balaban J connectivity index is 1.88. The van der Waals surface area contributed by atoms with Gasteiger partial charge in [-0.05, 0) is 23.8 Å². The van der Waals surface area contributed by atoms with Crippen molar-refractivity contribution in [3.05, 3.63) is 48.3 Å². The van der Waals surface area contributed by atoms with Crippen LogP contribution in [0.4, 0.5) is 5.69 Å². The number of nitrogens with two attached hydrogens (primary N) is 1. The van der Waals surface area contributed by atoms with Gasteiger partial charge in [0.15, 0.2) is 0 Å². The van der Waals surface area contributed by atoms with Crippen LogP contribution in [-0.2, 0) is 22.3 Å². The van der Waals surface area contributed by atoms with Gasteiger partial charge in [-0.15, -0.1) is 0 Å². The molecule has 2 aromatic rings. The van der Waals surface area contributed by atoms with E-state index in [1.165, 1.54) is 0 Å². The fourth-order valence-electron chi connectivity index (χ4n) is 1.70. The Morgan fingerprint density at radius 2 is 2.16 bits per heavy atom. The van der Waals surface area contributed by atoms with Crippen LogP contribution in [0.2, 0.25) is 0 Å². The average molecular weight is 280 g/mol. The predicted molar refractivity (Wildman–Crippen MR) is 73.7 cm³/mol. The Labute approximate surface area is 112 Å². The summed E-state index contributed by atoms with van der Waals surface area (Å²) in [5, 5.41) is 4.00. The van der Waals surface area contributed by atoms with Crippen LogP contribution in [0.1, 0.15) is 5.56 Å². The van der Waals surface area contributed by atoms with Gasteiger partial charge in [-0.1, -0.05) is 12.1 Å². The van der Waals surface area contributed by atoms with Gasteiger partial charge in [-0.25, -0.2) is 13.1 Å². The van der Waals surface area contributed by atoms with Crippen LogP contribution in [0.25, 0.3) is 0 Å². The molecule has 1 heterocycles. The van der Waals surface area contributed by atoms with Crippen LogP contribution in [0.3, 0.4) is 0 Å². The molecule has 0 unspecified atom stereocenters. The van der Waals surface area contributed by atoms with Crippen molar-refractivity contribution in [3.63, 3.8) is 0 Å². The van der Waals surface area contributed by atoms with Crippen molar-refractivity contribution in [3.8, 4) is 0 Å². The highest BCUT2D eigenvalue weighted by Gasteiger charge is 2.10. The third-order valence-electron chi connectivity index (χ3n) is 2.53. The first-order chi connectivity index (χ1) is 9.05. The molecule has 3 N–H and O–H groups in total. The van der Waals surface area contributed by atoms with Crippen molar-refractivity contribution >= 4 is 15.7 Å². The van der Waals surface area contributed by atoms with Crippen LogP contribution in [0.15, 0.2) is 42.7 Å². The monoisotopic (exact) mass is 280 g/mol. The quantitative estimate of drug-likeness (QED) is 0.758. The minimum Gasteiger partial charge on any atom is -0.399 e. The van der Waals surface area contributed by atoms with Crippen LogP contribution in [0.5, 0.6) is 0 Å². The maximum atomic E-state index is 11.9. The first-order valence-electron chi connectivity index (χ1n) is 5.84. The molecule has 6 nitrogen and oxygen atoms in total. The minimum atomic E-state index is -3.35. The highest BCUT2D eigenvalue weighted by atomic mass is 32.2. The summed E-state index contributed by atoms with van der Waals surface area (Å²) in [6, 6.07) is 8.66. The van der Waals surface area contributed by atoms with Crippen LogP contribution in [0, 0.1) is 0 Å². The molecule has 102 valence electrons. The second-order valence-corrected chi connectivity index (χ2v) is 5.97. The highest BCUT2D eigenvalue weighted by Crippen LogP contribution is 2.09. The Kier molecular flexibility index (Phi) is 4.18. The topological polar surface area (TPSA) is 90.0 Å². The molecule has 0 saturated carbocycles. The number of anilines is 1. The van der Waals surface area contributed by atoms with E-state index in [0.29, 0.717) is 24.3 Å². The van der Waals surface area contributed by atoms with Crippen molar-refractivity contribution in [1.29, 1.82) is 0 Å². The molecule has 0 radical (unpaired) electrons. The van der Waals surface area contributed by atoms with E-state index in [4.69, 9.17) is 5.73 Å². The molecule has 0 saturated heterocycles. The van der Waals surface area contributed by atoms with Crippen molar-refractivity contribution < 1.29 is 8.42 Å². The Morgan fingerprint density at radius 3 is 2.84 bits per heavy atom. The van der Waals surface area contributed by atoms with E-state index in [-0.39, 0.29) is 5.75 Å². The molecule has 0 aliphatic heterocycles. The molecule has 1 aromatic heterocycles. The summed E-state index contributed by atoms with van der Waals surface area (Å²) in [5.74, 6) is -0.0723. The third-order valence-corrected chi connectivity index (χ3v) is 3.89. The van der Waals surface area contributed by atoms with Gasteiger partial charge in [0.2, 0.25) is 10.0 Å². The Morgan fingerprint density at radius 1 is 1.32 bits per heavy atom. The van der Waals surface area contributed by atoms with E-state index < -0.39 is 10.0 Å². The van der Waals surface area contributed by atoms with Gasteiger partial charge in [-0.3, -0.25) is 4.68 Å². The summed E-state index contributed by atoms with van der Waals surface area (Å²) in [5.41, 5.74) is 6.85. The van der Waals surface area contributed by atoms with Crippen LogP contribution >= 0.6 is 0 Å². The summed E-state index contributed by atoms with van der Waals surface area (Å²) in [4.78, 5) is 0. The lowest BCUT2D eigenvalue weighted by atomic mass is 10.2. The van der Waals surface area contributed by atoms with Gasteiger partial charge in [0, 0.05) is 24.6 Å². The van der Waals surface area contributed by atoms with Crippen molar-refractivity contribution in [2.75, 3.05) is 12.3 Å². The summed E-state index contributed by atoms with van der Waals surface area (Å²) in [6.45, 7) is 0.815. The zero-order valence-corrected chi connectivity index (χ0v) is 11.2. The van der Waals surface area contributed by atoms with Gasteiger partial charge < -0.3 is 5.73 Å². The molecule has 2 rings (SSSR count). The molecule has 7 heteroatoms. The second kappa shape index (κ2) is 5.85. The third kappa shape index (κ3) is 4.38. The lowest BCUT2D eigenvalue weighted by Crippen LogP contribution is -2.28. The number of benzene rings is 1. The molecule has 0 atom stereocenters. The first-order valence-corrected chi connectivity index (χ1v) is 7.49. The summed E-state index contributed by atoms with van der Waals surface area (Å²) in [6.07, 6.45) is 3.44. The summed E-state index contributed by atoms with van der Waals surface area (Å²) in [7, 11) is -3.35. The number of rotatable bonds is 6. The largest absolute Gasteiger partial charge is 0.399 e. The van der Waals surface area contributed by atoms with Gasteiger partial charge in [0.1, 0.15) is 0 Å². The number of nitrogens with zero attached hydrogens (tertiary/aromatic N) is 2. The van der Waals surface area contributed by atoms with E-state index in [2.05, 4.69) is 9.82 Å². The summed E-state index contributed by atoms with van der Waals surface area (Å²) >= 11 is 0. The average Bonchev–Trinajstić information content (AvgIpc) is 2.81. The number of nitrogen functional groups attached to an aromatic ring is 1. The maximum Gasteiger partial charge on any atom is 0.215 e. The number of sulfonamides is 1. The molecule has 0 aliphatic carbocycles. The fraction of sp³-hybridized carbons (Fsp3) is 0.250. The molecular formula is C12H16N4O2S. The molecule has 0 amide bonds. The lowest BCUT2D eigenvalue weighted by molar-refractivity contribution is 0.560. The number of nitrogens with one attached hydrogen (secondary N) is 1. The lowest BCUT2D eigenvalue weighted by Gasteiger charge is -2.07. The van der Waals surface area contributed by atoms with E-state index in [9.17, 15) is 8.42 Å². The Bertz CT molecular complexity index is 623. The maximum absolute atomic E-state index is 11.9. The molecule has 19 heavy (non-hydrogen) atoms. The fourth-order valence-corrected chi connectivity index (χ4v) is 2.82. The van der Waals surface area contributed by atoms with E-state index in [1.807, 2.05) is 0 Å². The van der Waals surface area contributed by atoms with E-state index >= 15 is 0 Å². The van der Waals surface area contributed by atoms with E-state index in [0.717, 1.165) is 0 Å².